The molecule has 0 saturated heterocycles. The molecular formula is C30H54N2O8. The molecule has 2 saturated carbocycles. The highest BCUT2D eigenvalue weighted by molar-refractivity contribution is 5.82. The number of hydrogen-bond acceptors (Lipinski definition) is 7. The molecule has 0 aromatic carbocycles. The Labute approximate surface area is 240 Å². The van der Waals surface area contributed by atoms with Crippen LogP contribution in [0.3, 0.4) is 0 Å². The lowest BCUT2D eigenvalue weighted by Gasteiger charge is -2.26. The van der Waals surface area contributed by atoms with E-state index in [1.807, 2.05) is 0 Å². The summed E-state index contributed by atoms with van der Waals surface area (Å²) in [6.45, 7) is 21.3. The van der Waals surface area contributed by atoms with Crippen LogP contribution < -0.4 is 10.6 Å². The Morgan fingerprint density at radius 2 is 1.15 bits per heavy atom. The molecule has 10 heteroatoms. The van der Waals surface area contributed by atoms with Crippen LogP contribution in [0.25, 0.3) is 0 Å². The number of carbonyl (C=O) groups is 4. The van der Waals surface area contributed by atoms with Crippen LogP contribution in [-0.2, 0) is 23.8 Å². The summed E-state index contributed by atoms with van der Waals surface area (Å²) in [7, 11) is 0. The smallest absolute Gasteiger partial charge is 0.408 e. The number of rotatable bonds is 7. The lowest BCUT2D eigenvalue weighted by atomic mass is 9.88. The van der Waals surface area contributed by atoms with Gasteiger partial charge in [0, 0.05) is 0 Å². The van der Waals surface area contributed by atoms with Crippen molar-refractivity contribution >= 4 is 24.1 Å². The molecule has 0 heterocycles. The van der Waals surface area contributed by atoms with Gasteiger partial charge in [-0.25, -0.2) is 19.2 Å². The number of esters is 1. The van der Waals surface area contributed by atoms with E-state index in [1.54, 1.807) is 48.5 Å². The van der Waals surface area contributed by atoms with Crippen molar-refractivity contribution < 1.29 is 38.5 Å². The minimum Gasteiger partial charge on any atom is -0.480 e. The predicted molar refractivity (Wildman–Crippen MR) is 153 cm³/mol. The second kappa shape index (κ2) is 13.9. The number of aliphatic carboxylic acids is 1. The number of amides is 2. The third-order valence-corrected chi connectivity index (χ3v) is 7.11. The van der Waals surface area contributed by atoms with Crippen LogP contribution in [0.5, 0.6) is 0 Å². The average Bonchev–Trinajstić information content (AvgIpc) is 3.28. The fourth-order valence-corrected chi connectivity index (χ4v) is 5.40. The van der Waals surface area contributed by atoms with Gasteiger partial charge >= 0.3 is 24.1 Å². The standard InChI is InChI=1S/C16H29NO4.C14H25NO4/c1-7-20-13(18)12(11-8-9-16(5,6)10-11)17-14(19)21-15(2,3)4;1-13(2,3)19-12(18)15-10(11(16)17)9-6-7-14(4,5)8-9/h11-12H,7-10H2,1-6H3,(H,17,19);9-10H,6-8H2,1-5H3,(H,15,18)(H,16,17). The first-order valence-corrected chi connectivity index (χ1v) is 14.4. The molecule has 40 heavy (non-hydrogen) atoms. The van der Waals surface area contributed by atoms with Gasteiger partial charge in [0.05, 0.1) is 6.61 Å². The van der Waals surface area contributed by atoms with Crippen molar-refractivity contribution in [3.63, 3.8) is 0 Å². The second-order valence-corrected chi connectivity index (χ2v) is 14.7. The molecule has 2 aliphatic rings. The monoisotopic (exact) mass is 570 g/mol. The molecule has 0 spiro atoms. The van der Waals surface area contributed by atoms with Crippen LogP contribution in [0.2, 0.25) is 0 Å². The van der Waals surface area contributed by atoms with E-state index in [0.29, 0.717) is 6.61 Å². The first-order valence-electron chi connectivity index (χ1n) is 14.4. The summed E-state index contributed by atoms with van der Waals surface area (Å²) < 4.78 is 15.5. The summed E-state index contributed by atoms with van der Waals surface area (Å²) in [4.78, 5) is 47.1. The lowest BCUT2D eigenvalue weighted by Crippen LogP contribution is -2.48. The van der Waals surface area contributed by atoms with Crippen molar-refractivity contribution in [2.24, 2.45) is 22.7 Å². The van der Waals surface area contributed by atoms with E-state index in [0.717, 1.165) is 38.5 Å². The highest BCUT2D eigenvalue weighted by Gasteiger charge is 2.41. The van der Waals surface area contributed by atoms with Crippen molar-refractivity contribution in [1.82, 2.24) is 10.6 Å². The van der Waals surface area contributed by atoms with Gasteiger partial charge in [0.25, 0.3) is 0 Å². The highest BCUT2D eigenvalue weighted by atomic mass is 16.6. The van der Waals surface area contributed by atoms with Crippen LogP contribution in [0.15, 0.2) is 0 Å². The summed E-state index contributed by atoms with van der Waals surface area (Å²) in [6.07, 6.45) is 4.23. The zero-order valence-electron chi connectivity index (χ0n) is 26.6. The third-order valence-electron chi connectivity index (χ3n) is 7.11. The van der Waals surface area contributed by atoms with Crippen molar-refractivity contribution in [2.75, 3.05) is 6.61 Å². The van der Waals surface area contributed by atoms with Crippen LogP contribution in [0, 0.1) is 22.7 Å². The van der Waals surface area contributed by atoms with Crippen LogP contribution in [-0.4, -0.2) is 59.1 Å². The molecule has 0 radical (unpaired) electrons. The van der Waals surface area contributed by atoms with Crippen molar-refractivity contribution in [3.05, 3.63) is 0 Å². The minimum absolute atomic E-state index is 0.0278. The van der Waals surface area contributed by atoms with Gasteiger partial charge in [-0.15, -0.1) is 0 Å². The fourth-order valence-electron chi connectivity index (χ4n) is 5.40. The molecule has 2 fully saturated rings. The quantitative estimate of drug-likeness (QED) is 0.248. The number of nitrogens with one attached hydrogen (secondary N) is 2. The van der Waals surface area contributed by atoms with Gasteiger partial charge in [-0.1, -0.05) is 27.7 Å². The van der Waals surface area contributed by atoms with Crippen molar-refractivity contribution in [2.45, 2.75) is 138 Å². The Bertz CT molecular complexity index is 885. The zero-order chi connectivity index (χ0) is 31.1. The predicted octanol–water partition coefficient (Wildman–Crippen LogP) is 6.06. The second-order valence-electron chi connectivity index (χ2n) is 14.7. The van der Waals surface area contributed by atoms with Crippen LogP contribution in [0.4, 0.5) is 9.59 Å². The number of carboxylic acid groups (broad SMARTS) is 1. The molecular weight excluding hydrogens is 516 g/mol. The molecule has 2 aliphatic carbocycles. The molecule has 0 bridgehead atoms. The van der Waals surface area contributed by atoms with Gasteiger partial charge in [0.15, 0.2) is 0 Å². The number of alkyl carbamates (subject to hydrolysis) is 2. The van der Waals surface area contributed by atoms with Crippen molar-refractivity contribution in [1.29, 1.82) is 0 Å². The molecule has 0 aromatic rings. The molecule has 4 unspecified atom stereocenters. The summed E-state index contributed by atoms with van der Waals surface area (Å²) >= 11 is 0. The van der Waals surface area contributed by atoms with E-state index < -0.39 is 41.4 Å². The molecule has 2 amide bonds. The lowest BCUT2D eigenvalue weighted by molar-refractivity contribution is -0.147. The van der Waals surface area contributed by atoms with Gasteiger partial charge in [0.1, 0.15) is 23.3 Å². The number of carboxylic acids is 1. The Kier molecular flexibility index (Phi) is 12.3. The SMILES string of the molecule is CC1(C)CCC(C(NC(=O)OC(C)(C)C)C(=O)O)C1.CCOC(=O)C(NC(=O)OC(C)(C)C)C1CCC(C)(C)C1. The normalized spacial score (nSPS) is 23.1. The topological polar surface area (TPSA) is 140 Å². The zero-order valence-corrected chi connectivity index (χ0v) is 26.6. The van der Waals surface area contributed by atoms with Gasteiger partial charge in [-0.05, 0) is 110 Å². The van der Waals surface area contributed by atoms with E-state index in [1.165, 1.54) is 0 Å². The Balaban J connectivity index is 0.000000402. The minimum atomic E-state index is -0.992. The van der Waals surface area contributed by atoms with Gasteiger partial charge in [-0.3, -0.25) is 0 Å². The summed E-state index contributed by atoms with van der Waals surface area (Å²) in [5.74, 6) is -1.29. The number of carbonyl (C=O) groups excluding carboxylic acids is 3. The molecule has 232 valence electrons. The van der Waals surface area contributed by atoms with E-state index in [9.17, 15) is 24.3 Å². The first kappa shape index (κ1) is 35.5. The largest absolute Gasteiger partial charge is 0.480 e. The van der Waals surface area contributed by atoms with E-state index in [4.69, 9.17) is 14.2 Å². The maximum absolute atomic E-state index is 12.1. The van der Waals surface area contributed by atoms with Crippen LogP contribution in [0.1, 0.15) is 115 Å². The van der Waals surface area contributed by atoms with Crippen LogP contribution >= 0.6 is 0 Å². The van der Waals surface area contributed by atoms with Gasteiger partial charge < -0.3 is 30.0 Å². The summed E-state index contributed by atoms with van der Waals surface area (Å²) in [6, 6.07) is -1.49. The third kappa shape index (κ3) is 13.2. The summed E-state index contributed by atoms with van der Waals surface area (Å²) in [5, 5.41) is 14.5. The maximum Gasteiger partial charge on any atom is 0.408 e. The number of hydrogen-bond donors (Lipinski definition) is 3. The van der Waals surface area contributed by atoms with E-state index in [-0.39, 0.29) is 28.6 Å². The van der Waals surface area contributed by atoms with Gasteiger partial charge in [0.2, 0.25) is 0 Å². The Hall–Kier alpha value is -2.52. The summed E-state index contributed by atoms with van der Waals surface area (Å²) in [5.41, 5.74) is -0.862. The Morgan fingerprint density at radius 3 is 1.45 bits per heavy atom. The maximum atomic E-state index is 12.1. The molecule has 0 aromatic heterocycles. The van der Waals surface area contributed by atoms with E-state index >= 15 is 0 Å². The molecule has 0 aliphatic heterocycles. The fraction of sp³-hybridized carbons (Fsp3) is 0.867. The first-order chi connectivity index (χ1) is 18.0. The number of ether oxygens (including phenoxy) is 3. The molecule has 10 nitrogen and oxygen atoms in total. The Morgan fingerprint density at radius 1 is 0.775 bits per heavy atom. The van der Waals surface area contributed by atoms with E-state index in [2.05, 4.69) is 38.3 Å². The highest BCUT2D eigenvalue weighted by Crippen LogP contribution is 2.43. The molecule has 3 N–H and O–H groups in total. The molecule has 2 rings (SSSR count). The van der Waals surface area contributed by atoms with Gasteiger partial charge in [-0.2, -0.15) is 0 Å². The van der Waals surface area contributed by atoms with Crippen molar-refractivity contribution in [3.8, 4) is 0 Å². The molecule has 4 atom stereocenters. The average molecular weight is 571 g/mol.